The lowest BCUT2D eigenvalue weighted by molar-refractivity contribution is 0.161. The summed E-state index contributed by atoms with van der Waals surface area (Å²) in [5.41, 5.74) is 2.07. The van der Waals surface area contributed by atoms with Gasteiger partial charge in [-0.05, 0) is 62.0 Å². The molecule has 0 amide bonds. The Balaban J connectivity index is 1.99. The van der Waals surface area contributed by atoms with Gasteiger partial charge in [-0.25, -0.2) is 0 Å². The maximum Gasteiger partial charge on any atom is 0.0876 e. The summed E-state index contributed by atoms with van der Waals surface area (Å²) in [6.07, 6.45) is 9.91. The third-order valence-electron chi connectivity index (χ3n) is 4.64. The van der Waals surface area contributed by atoms with E-state index in [0.717, 1.165) is 19.1 Å². The van der Waals surface area contributed by atoms with Crippen LogP contribution in [0, 0.1) is 11.3 Å². The van der Waals surface area contributed by atoms with E-state index in [1.165, 1.54) is 44.1 Å². The molecular formula is C16H29NO. The molecule has 18 heavy (non-hydrogen) atoms. The molecule has 0 radical (unpaired) electrons. The molecule has 2 nitrogen and oxygen atoms in total. The van der Waals surface area contributed by atoms with Crippen LogP contribution in [0.4, 0.5) is 0 Å². The molecule has 1 fully saturated rings. The van der Waals surface area contributed by atoms with Gasteiger partial charge < -0.3 is 10.1 Å². The summed E-state index contributed by atoms with van der Waals surface area (Å²) >= 11 is 0. The molecule has 1 N–H and O–H groups in total. The number of hydrogen-bond donors (Lipinski definition) is 1. The van der Waals surface area contributed by atoms with E-state index >= 15 is 0 Å². The van der Waals surface area contributed by atoms with Crippen LogP contribution in [-0.2, 0) is 4.74 Å². The molecule has 0 saturated heterocycles. The zero-order valence-corrected chi connectivity index (χ0v) is 12.3. The maximum atomic E-state index is 5.54. The van der Waals surface area contributed by atoms with Gasteiger partial charge in [0.25, 0.3) is 0 Å². The van der Waals surface area contributed by atoms with Gasteiger partial charge in [0.15, 0.2) is 0 Å². The molecular weight excluding hydrogens is 222 g/mol. The normalized spacial score (nSPS) is 26.3. The topological polar surface area (TPSA) is 21.3 Å². The molecule has 0 aromatic heterocycles. The second-order valence-electron chi connectivity index (χ2n) is 6.70. The van der Waals surface area contributed by atoms with Crippen molar-refractivity contribution >= 4 is 0 Å². The Morgan fingerprint density at radius 1 is 1.39 bits per heavy atom. The van der Waals surface area contributed by atoms with Crippen molar-refractivity contribution in [2.75, 3.05) is 13.2 Å². The van der Waals surface area contributed by atoms with Crippen molar-refractivity contribution in [3.8, 4) is 0 Å². The van der Waals surface area contributed by atoms with Crippen LogP contribution in [0.3, 0.4) is 0 Å². The Morgan fingerprint density at radius 2 is 2.11 bits per heavy atom. The van der Waals surface area contributed by atoms with E-state index in [1.807, 2.05) is 6.26 Å². The highest BCUT2D eigenvalue weighted by Crippen LogP contribution is 2.40. The van der Waals surface area contributed by atoms with Gasteiger partial charge in [-0.3, -0.25) is 0 Å². The van der Waals surface area contributed by atoms with Gasteiger partial charge in [0, 0.05) is 6.04 Å². The first-order valence-corrected chi connectivity index (χ1v) is 7.66. The van der Waals surface area contributed by atoms with Crippen molar-refractivity contribution in [3.05, 3.63) is 11.8 Å². The minimum absolute atomic E-state index is 0.560. The maximum absolute atomic E-state index is 5.54. The van der Waals surface area contributed by atoms with Crippen LogP contribution in [0.15, 0.2) is 11.8 Å². The van der Waals surface area contributed by atoms with Crippen molar-refractivity contribution in [1.82, 2.24) is 5.32 Å². The average molecular weight is 251 g/mol. The lowest BCUT2D eigenvalue weighted by Crippen LogP contribution is -2.41. The Hall–Kier alpha value is -0.500. The van der Waals surface area contributed by atoms with E-state index in [-0.39, 0.29) is 0 Å². The fourth-order valence-electron chi connectivity index (χ4n) is 3.39. The molecule has 1 aliphatic heterocycles. The molecule has 0 bridgehead atoms. The molecule has 2 aliphatic rings. The van der Waals surface area contributed by atoms with Crippen LogP contribution in [0.2, 0.25) is 0 Å². The third-order valence-corrected chi connectivity index (χ3v) is 4.64. The summed E-state index contributed by atoms with van der Waals surface area (Å²) in [4.78, 5) is 0. The summed E-state index contributed by atoms with van der Waals surface area (Å²) in [5, 5.41) is 3.70. The van der Waals surface area contributed by atoms with Crippen molar-refractivity contribution in [2.45, 2.75) is 65.3 Å². The number of hydrogen-bond acceptors (Lipinski definition) is 2. The van der Waals surface area contributed by atoms with Crippen molar-refractivity contribution < 1.29 is 4.74 Å². The molecule has 2 heteroatoms. The standard InChI is InChI=1S/C16H29NO/c1-4-17-15(14-6-5-11-18-12-14)13-7-9-16(2,3)10-8-13/h12-13,15,17H,4-11H2,1-3H3. The average Bonchev–Trinajstić information content (AvgIpc) is 2.38. The largest absolute Gasteiger partial charge is 0.501 e. The van der Waals surface area contributed by atoms with Crippen molar-refractivity contribution in [3.63, 3.8) is 0 Å². The highest BCUT2D eigenvalue weighted by atomic mass is 16.5. The van der Waals surface area contributed by atoms with Gasteiger partial charge in [0.05, 0.1) is 12.9 Å². The van der Waals surface area contributed by atoms with E-state index < -0.39 is 0 Å². The Kier molecular flexibility index (Phi) is 4.71. The quantitative estimate of drug-likeness (QED) is 0.819. The summed E-state index contributed by atoms with van der Waals surface area (Å²) in [7, 11) is 0. The molecule has 0 aromatic carbocycles. The predicted molar refractivity (Wildman–Crippen MR) is 76.5 cm³/mol. The second-order valence-corrected chi connectivity index (χ2v) is 6.70. The monoisotopic (exact) mass is 251 g/mol. The minimum atomic E-state index is 0.560. The smallest absolute Gasteiger partial charge is 0.0876 e. The first kappa shape index (κ1) is 13.9. The summed E-state index contributed by atoms with van der Waals surface area (Å²) in [6, 6.07) is 0.561. The van der Waals surface area contributed by atoms with Crippen LogP contribution in [0.5, 0.6) is 0 Å². The fraction of sp³-hybridized carbons (Fsp3) is 0.875. The molecule has 1 atom stereocenters. The first-order valence-electron chi connectivity index (χ1n) is 7.66. The molecule has 1 aliphatic carbocycles. The van der Waals surface area contributed by atoms with Crippen LogP contribution >= 0.6 is 0 Å². The van der Waals surface area contributed by atoms with Gasteiger partial charge >= 0.3 is 0 Å². The highest BCUT2D eigenvalue weighted by Gasteiger charge is 2.32. The number of likely N-dealkylation sites (N-methyl/N-ethyl adjacent to an activating group) is 1. The predicted octanol–water partition coefficient (Wildman–Crippen LogP) is 3.88. The van der Waals surface area contributed by atoms with Gasteiger partial charge in [-0.15, -0.1) is 0 Å². The second kappa shape index (κ2) is 6.10. The lowest BCUT2D eigenvalue weighted by atomic mass is 9.70. The Morgan fingerprint density at radius 3 is 2.67 bits per heavy atom. The van der Waals surface area contributed by atoms with E-state index in [4.69, 9.17) is 4.74 Å². The molecule has 1 unspecified atom stereocenters. The minimum Gasteiger partial charge on any atom is -0.501 e. The first-order chi connectivity index (χ1) is 8.62. The Bertz CT molecular complexity index is 285. The van der Waals surface area contributed by atoms with Gasteiger partial charge in [-0.2, -0.15) is 0 Å². The molecule has 1 heterocycles. The summed E-state index contributed by atoms with van der Waals surface area (Å²) < 4.78 is 5.54. The van der Waals surface area contributed by atoms with Crippen LogP contribution in [0.25, 0.3) is 0 Å². The fourth-order valence-corrected chi connectivity index (χ4v) is 3.39. The number of rotatable bonds is 4. The molecule has 1 saturated carbocycles. The van der Waals surface area contributed by atoms with Crippen LogP contribution in [-0.4, -0.2) is 19.2 Å². The molecule has 0 aromatic rings. The van der Waals surface area contributed by atoms with Crippen LogP contribution in [0.1, 0.15) is 59.3 Å². The number of ether oxygens (including phenoxy) is 1. The summed E-state index contributed by atoms with van der Waals surface area (Å²) in [5.74, 6) is 0.811. The lowest BCUT2D eigenvalue weighted by Gasteiger charge is -2.39. The summed E-state index contributed by atoms with van der Waals surface area (Å²) in [6.45, 7) is 8.99. The zero-order chi connectivity index (χ0) is 13.0. The molecule has 0 spiro atoms. The van der Waals surface area contributed by atoms with E-state index in [1.54, 1.807) is 0 Å². The van der Waals surface area contributed by atoms with E-state index in [9.17, 15) is 0 Å². The van der Waals surface area contributed by atoms with Crippen molar-refractivity contribution in [2.24, 2.45) is 11.3 Å². The highest BCUT2D eigenvalue weighted by molar-refractivity contribution is 5.12. The zero-order valence-electron chi connectivity index (χ0n) is 12.3. The third kappa shape index (κ3) is 3.50. The SMILES string of the molecule is CCNC(C1=COCCC1)C1CCC(C)(C)CC1. The number of nitrogens with one attached hydrogen (secondary N) is 1. The van der Waals surface area contributed by atoms with Crippen molar-refractivity contribution in [1.29, 1.82) is 0 Å². The van der Waals surface area contributed by atoms with Gasteiger partial charge in [0.1, 0.15) is 0 Å². The van der Waals surface area contributed by atoms with Gasteiger partial charge in [-0.1, -0.05) is 20.8 Å². The Labute approximate surface area is 112 Å². The molecule has 104 valence electrons. The molecule has 2 rings (SSSR count). The van der Waals surface area contributed by atoms with E-state index in [2.05, 4.69) is 26.1 Å². The van der Waals surface area contributed by atoms with Crippen LogP contribution < -0.4 is 5.32 Å². The van der Waals surface area contributed by atoms with E-state index in [0.29, 0.717) is 11.5 Å². The van der Waals surface area contributed by atoms with Gasteiger partial charge in [0.2, 0.25) is 0 Å².